The van der Waals surface area contributed by atoms with Crippen LogP contribution in [0.15, 0.2) is 24.8 Å². The van der Waals surface area contributed by atoms with Gasteiger partial charge in [0.1, 0.15) is 11.9 Å². The van der Waals surface area contributed by atoms with Crippen LogP contribution in [-0.4, -0.2) is 55.0 Å². The van der Waals surface area contributed by atoms with Gasteiger partial charge in [0.15, 0.2) is 0 Å². The summed E-state index contributed by atoms with van der Waals surface area (Å²) in [6.45, 7) is 3.19. The van der Waals surface area contributed by atoms with E-state index in [2.05, 4.69) is 15.3 Å². The maximum Gasteiger partial charge on any atom is 0.228 e. The number of carbonyl (C=O) groups is 1. The van der Waals surface area contributed by atoms with Crippen molar-refractivity contribution < 1.29 is 9.53 Å². The van der Waals surface area contributed by atoms with Gasteiger partial charge in [-0.3, -0.25) is 9.48 Å². The van der Waals surface area contributed by atoms with E-state index in [-0.39, 0.29) is 17.9 Å². The third kappa shape index (κ3) is 3.51. The summed E-state index contributed by atoms with van der Waals surface area (Å²) in [6, 6.07) is 0. The third-order valence-electron chi connectivity index (χ3n) is 5.60. The molecule has 0 radical (unpaired) electrons. The zero-order valence-electron chi connectivity index (χ0n) is 15.2. The number of hydrogen-bond donors (Lipinski definition) is 0. The molecule has 2 aromatic rings. The molecule has 4 heterocycles. The monoisotopic (exact) mass is 358 g/mol. The van der Waals surface area contributed by atoms with Crippen LogP contribution in [0.25, 0.3) is 0 Å². The fourth-order valence-corrected chi connectivity index (χ4v) is 4.10. The molecule has 0 saturated carbocycles. The van der Waals surface area contributed by atoms with Crippen LogP contribution in [-0.2, 0) is 23.1 Å². The highest BCUT2D eigenvalue weighted by Gasteiger charge is 2.38. The minimum atomic E-state index is -0.232. The van der Waals surface area contributed by atoms with E-state index in [1.54, 1.807) is 12.4 Å². The first-order valence-corrected chi connectivity index (χ1v) is 9.44. The second-order valence-corrected chi connectivity index (χ2v) is 7.33. The Balaban J connectivity index is 1.38. The van der Waals surface area contributed by atoms with Gasteiger partial charge in [0.05, 0.1) is 12.1 Å². The Morgan fingerprint density at radius 1 is 1.23 bits per heavy atom. The summed E-state index contributed by atoms with van der Waals surface area (Å²) in [6.07, 6.45) is 10.9. The molecule has 4 rings (SSSR count). The first kappa shape index (κ1) is 17.2. The molecular weight excluding hydrogens is 332 g/mol. The van der Waals surface area contributed by atoms with Crippen LogP contribution >= 0.6 is 0 Å². The highest BCUT2D eigenvalue weighted by molar-refractivity contribution is 5.79. The lowest BCUT2D eigenvalue weighted by Crippen LogP contribution is -2.45. The fourth-order valence-electron chi connectivity index (χ4n) is 4.10. The molecule has 2 aliphatic heterocycles. The zero-order chi connectivity index (χ0) is 17.9. The smallest absolute Gasteiger partial charge is 0.228 e. The van der Waals surface area contributed by atoms with Crippen molar-refractivity contribution in [3.63, 3.8) is 0 Å². The maximum atomic E-state index is 13.2. The van der Waals surface area contributed by atoms with Gasteiger partial charge in [0, 0.05) is 51.9 Å². The highest BCUT2D eigenvalue weighted by Crippen LogP contribution is 2.35. The Morgan fingerprint density at radius 3 is 2.77 bits per heavy atom. The van der Waals surface area contributed by atoms with Crippen molar-refractivity contribution in [3.05, 3.63) is 30.6 Å². The number of ether oxygens (including phenoxy) is 1. The molecule has 0 aliphatic carbocycles. The van der Waals surface area contributed by atoms with E-state index in [0.717, 1.165) is 51.1 Å². The Morgan fingerprint density at radius 2 is 2.08 bits per heavy atom. The maximum absolute atomic E-state index is 13.2. The van der Waals surface area contributed by atoms with Crippen LogP contribution in [0.4, 0.5) is 0 Å². The number of nitrogens with zero attached hydrogens (tertiary/aromatic N) is 6. The van der Waals surface area contributed by atoms with Crippen molar-refractivity contribution in [2.24, 2.45) is 18.9 Å². The van der Waals surface area contributed by atoms with Crippen molar-refractivity contribution in [1.29, 1.82) is 0 Å². The number of likely N-dealkylation sites (tertiary alicyclic amines) is 1. The molecule has 0 aromatic carbocycles. The van der Waals surface area contributed by atoms with E-state index in [1.807, 2.05) is 33.6 Å². The molecule has 8 nitrogen and oxygen atoms in total. The quantitative estimate of drug-likeness (QED) is 0.826. The summed E-state index contributed by atoms with van der Waals surface area (Å²) in [5, 5.41) is 7.90. The van der Waals surface area contributed by atoms with Crippen molar-refractivity contribution in [2.45, 2.75) is 38.3 Å². The van der Waals surface area contributed by atoms with Crippen LogP contribution in [0, 0.1) is 11.8 Å². The summed E-state index contributed by atoms with van der Waals surface area (Å²) in [4.78, 5) is 19.6. The van der Waals surface area contributed by atoms with E-state index < -0.39 is 0 Å². The van der Waals surface area contributed by atoms with E-state index in [9.17, 15) is 4.79 Å². The highest BCUT2D eigenvalue weighted by atomic mass is 16.5. The Kier molecular flexibility index (Phi) is 5.01. The van der Waals surface area contributed by atoms with Crippen LogP contribution in [0.3, 0.4) is 0 Å². The third-order valence-corrected chi connectivity index (χ3v) is 5.60. The number of aromatic nitrogens is 5. The second kappa shape index (κ2) is 7.57. The number of piperidine rings is 1. The summed E-state index contributed by atoms with van der Waals surface area (Å²) in [5.41, 5.74) is 0. The molecule has 2 aliphatic rings. The standard InChI is InChI=1S/C18H26N6O2/c1-22-10-6-19-17(22)16-15(3-2-12-26-16)18(25)23-8-4-14(5-9-23)13-24-11-7-20-21-24/h6-7,10-11,14-16H,2-5,8-9,12-13H2,1H3/t15-,16-/m1/s1. The van der Waals surface area contributed by atoms with Gasteiger partial charge in [-0.05, 0) is 31.6 Å². The minimum Gasteiger partial charge on any atom is -0.369 e. The Labute approximate surface area is 153 Å². The summed E-state index contributed by atoms with van der Waals surface area (Å²) in [7, 11) is 1.96. The fraction of sp³-hybridized carbons (Fsp3) is 0.667. The number of imidazole rings is 1. The largest absolute Gasteiger partial charge is 0.369 e. The molecule has 2 fully saturated rings. The van der Waals surface area contributed by atoms with Gasteiger partial charge in [-0.2, -0.15) is 0 Å². The first-order chi connectivity index (χ1) is 12.7. The number of amides is 1. The normalized spacial score (nSPS) is 24.7. The lowest BCUT2D eigenvalue weighted by atomic mass is 9.90. The lowest BCUT2D eigenvalue weighted by Gasteiger charge is -2.37. The van der Waals surface area contributed by atoms with Crippen molar-refractivity contribution in [1.82, 2.24) is 29.4 Å². The molecule has 0 bridgehead atoms. The van der Waals surface area contributed by atoms with Crippen LogP contribution in [0.5, 0.6) is 0 Å². The predicted octanol–water partition coefficient (Wildman–Crippen LogP) is 1.42. The number of carbonyl (C=O) groups excluding carboxylic acids is 1. The molecule has 8 heteroatoms. The topological polar surface area (TPSA) is 78.1 Å². The van der Waals surface area contributed by atoms with Crippen molar-refractivity contribution in [2.75, 3.05) is 19.7 Å². The average Bonchev–Trinajstić information content (AvgIpc) is 3.33. The van der Waals surface area contributed by atoms with Gasteiger partial charge in [-0.1, -0.05) is 5.21 Å². The SMILES string of the molecule is Cn1ccnc1[C@@H]1OCCC[C@H]1C(=O)N1CCC(Cn2ccnn2)CC1. The minimum absolute atomic E-state index is 0.128. The molecule has 0 N–H and O–H groups in total. The van der Waals surface area contributed by atoms with Crippen molar-refractivity contribution in [3.8, 4) is 0 Å². The van der Waals surface area contributed by atoms with Gasteiger partial charge in [-0.25, -0.2) is 4.98 Å². The van der Waals surface area contributed by atoms with Gasteiger partial charge in [-0.15, -0.1) is 5.10 Å². The van der Waals surface area contributed by atoms with Gasteiger partial charge >= 0.3 is 0 Å². The van der Waals surface area contributed by atoms with Gasteiger partial charge < -0.3 is 14.2 Å². The molecular formula is C18H26N6O2. The lowest BCUT2D eigenvalue weighted by molar-refractivity contribution is -0.147. The van der Waals surface area contributed by atoms with Crippen LogP contribution in [0.1, 0.15) is 37.6 Å². The Hall–Kier alpha value is -2.22. The molecule has 0 unspecified atom stereocenters. The van der Waals surface area contributed by atoms with Gasteiger partial charge in [0.2, 0.25) is 5.91 Å². The summed E-state index contributed by atoms with van der Waals surface area (Å²) < 4.78 is 9.81. The first-order valence-electron chi connectivity index (χ1n) is 9.44. The summed E-state index contributed by atoms with van der Waals surface area (Å²) in [5.74, 6) is 1.49. The van der Waals surface area contributed by atoms with Crippen LogP contribution in [0.2, 0.25) is 0 Å². The molecule has 2 saturated heterocycles. The van der Waals surface area contributed by atoms with Gasteiger partial charge in [0.25, 0.3) is 0 Å². The summed E-state index contributed by atoms with van der Waals surface area (Å²) >= 11 is 0. The predicted molar refractivity (Wildman–Crippen MR) is 94.0 cm³/mol. The van der Waals surface area contributed by atoms with E-state index in [4.69, 9.17) is 4.74 Å². The zero-order valence-corrected chi connectivity index (χ0v) is 15.2. The molecule has 26 heavy (non-hydrogen) atoms. The molecule has 2 aromatic heterocycles. The van der Waals surface area contributed by atoms with Crippen molar-refractivity contribution >= 4 is 5.91 Å². The number of rotatable bonds is 4. The molecule has 140 valence electrons. The molecule has 0 spiro atoms. The van der Waals surface area contributed by atoms with E-state index >= 15 is 0 Å². The molecule has 1 amide bonds. The van der Waals surface area contributed by atoms with E-state index in [0.29, 0.717) is 12.5 Å². The average molecular weight is 358 g/mol. The van der Waals surface area contributed by atoms with Crippen LogP contribution < -0.4 is 0 Å². The van der Waals surface area contributed by atoms with E-state index in [1.165, 1.54) is 0 Å². The number of aryl methyl sites for hydroxylation is 1. The Bertz CT molecular complexity index is 720. The number of hydrogen-bond acceptors (Lipinski definition) is 5. The second-order valence-electron chi connectivity index (χ2n) is 7.33. The molecule has 2 atom stereocenters.